The van der Waals surface area contributed by atoms with Gasteiger partial charge in [0.2, 0.25) is 12.3 Å². The minimum absolute atomic E-state index is 0.118. The molecule has 10 nitrogen and oxygen atoms in total. The lowest BCUT2D eigenvalue weighted by Gasteiger charge is -2.15. The molecule has 3 fully saturated rings. The maximum atomic E-state index is 11.9. The first-order valence-corrected chi connectivity index (χ1v) is 4.98. The highest BCUT2D eigenvalue weighted by Crippen LogP contribution is 2.25. The van der Waals surface area contributed by atoms with E-state index in [0.29, 0.717) is 5.06 Å². The summed E-state index contributed by atoms with van der Waals surface area (Å²) in [4.78, 5) is 42.7. The predicted molar refractivity (Wildman–Crippen MR) is 45.2 cm³/mol. The van der Waals surface area contributed by atoms with E-state index >= 15 is 0 Å². The molecule has 0 bridgehead atoms. The van der Waals surface area contributed by atoms with Gasteiger partial charge in [-0.1, -0.05) is 0 Å². The monoisotopic (exact) mass is 261 g/mol. The van der Waals surface area contributed by atoms with E-state index in [0.717, 1.165) is 0 Å². The number of hydroxylamine groups is 2. The summed E-state index contributed by atoms with van der Waals surface area (Å²) in [5, 5.41) is 0.710. The molecule has 0 aromatic carbocycles. The van der Waals surface area contributed by atoms with Gasteiger partial charge in [0.25, 0.3) is 5.91 Å². The number of rotatable bonds is 2. The SMILES string of the molecule is O=C1OCC(C2OON(C3COC(=O)O3)C2=O)O1. The Balaban J connectivity index is 1.65. The third-order valence-corrected chi connectivity index (χ3v) is 2.48. The molecule has 3 unspecified atom stereocenters. The van der Waals surface area contributed by atoms with Gasteiger partial charge in [-0.3, -0.25) is 4.79 Å². The fourth-order valence-corrected chi connectivity index (χ4v) is 1.63. The second kappa shape index (κ2) is 3.99. The fourth-order valence-electron chi connectivity index (χ4n) is 1.63. The van der Waals surface area contributed by atoms with Crippen LogP contribution in [0.5, 0.6) is 0 Å². The molecule has 3 aliphatic heterocycles. The molecule has 0 radical (unpaired) electrons. The molecule has 0 aromatic rings. The van der Waals surface area contributed by atoms with Crippen molar-refractivity contribution in [2.24, 2.45) is 0 Å². The number of amides is 1. The Morgan fingerprint density at radius 1 is 1.00 bits per heavy atom. The van der Waals surface area contributed by atoms with Crippen LogP contribution in [0.1, 0.15) is 0 Å². The van der Waals surface area contributed by atoms with Gasteiger partial charge in [-0.2, -0.15) is 4.89 Å². The van der Waals surface area contributed by atoms with Crippen LogP contribution in [0.25, 0.3) is 0 Å². The highest BCUT2D eigenvalue weighted by molar-refractivity contribution is 5.82. The second-order valence-corrected chi connectivity index (χ2v) is 3.61. The molecular weight excluding hydrogens is 254 g/mol. The largest absolute Gasteiger partial charge is 0.510 e. The van der Waals surface area contributed by atoms with Crippen LogP contribution >= 0.6 is 0 Å². The zero-order chi connectivity index (χ0) is 12.7. The van der Waals surface area contributed by atoms with Crippen LogP contribution in [0.15, 0.2) is 0 Å². The van der Waals surface area contributed by atoms with Crippen LogP contribution in [0.2, 0.25) is 0 Å². The van der Waals surface area contributed by atoms with E-state index < -0.39 is 36.7 Å². The van der Waals surface area contributed by atoms with E-state index in [1.54, 1.807) is 0 Å². The highest BCUT2D eigenvalue weighted by atomic mass is 17.3. The van der Waals surface area contributed by atoms with Crippen molar-refractivity contribution in [1.82, 2.24) is 5.06 Å². The number of hydrogen-bond donors (Lipinski definition) is 0. The lowest BCUT2D eigenvalue weighted by Crippen LogP contribution is -2.43. The van der Waals surface area contributed by atoms with Gasteiger partial charge >= 0.3 is 12.3 Å². The van der Waals surface area contributed by atoms with Crippen LogP contribution in [0, 0.1) is 0 Å². The molecule has 3 atom stereocenters. The average Bonchev–Trinajstić information content (AvgIpc) is 3.00. The second-order valence-electron chi connectivity index (χ2n) is 3.61. The normalized spacial score (nSPS) is 35.2. The van der Waals surface area contributed by atoms with Crippen LogP contribution in [-0.4, -0.2) is 54.9 Å². The Labute approximate surface area is 99.1 Å². The van der Waals surface area contributed by atoms with Gasteiger partial charge in [0.15, 0.2) is 12.7 Å². The molecular formula is C8H7NO9. The van der Waals surface area contributed by atoms with Crippen LogP contribution in [-0.2, 0) is 33.6 Å². The van der Waals surface area contributed by atoms with Crippen molar-refractivity contribution in [3.05, 3.63) is 0 Å². The Morgan fingerprint density at radius 2 is 1.72 bits per heavy atom. The Kier molecular flexibility index (Phi) is 2.45. The van der Waals surface area contributed by atoms with E-state index in [-0.39, 0.29) is 13.2 Å². The molecule has 18 heavy (non-hydrogen) atoms. The van der Waals surface area contributed by atoms with Crippen LogP contribution < -0.4 is 0 Å². The Morgan fingerprint density at radius 3 is 2.33 bits per heavy atom. The van der Waals surface area contributed by atoms with Gasteiger partial charge in [0.1, 0.15) is 6.61 Å². The van der Waals surface area contributed by atoms with Crippen molar-refractivity contribution in [2.45, 2.75) is 18.4 Å². The summed E-state index contributed by atoms with van der Waals surface area (Å²) < 4.78 is 18.4. The van der Waals surface area contributed by atoms with Gasteiger partial charge in [-0.25, -0.2) is 9.59 Å². The van der Waals surface area contributed by atoms with Gasteiger partial charge < -0.3 is 18.9 Å². The first-order valence-electron chi connectivity index (χ1n) is 4.98. The zero-order valence-electron chi connectivity index (χ0n) is 8.77. The summed E-state index contributed by atoms with van der Waals surface area (Å²) >= 11 is 0. The van der Waals surface area contributed by atoms with Crippen molar-refractivity contribution in [3.8, 4) is 0 Å². The van der Waals surface area contributed by atoms with Gasteiger partial charge in [0.05, 0.1) is 0 Å². The smallest absolute Gasteiger partial charge is 0.430 e. The summed E-state index contributed by atoms with van der Waals surface area (Å²) in [7, 11) is 0. The maximum Gasteiger partial charge on any atom is 0.510 e. The van der Waals surface area contributed by atoms with Crippen molar-refractivity contribution in [3.63, 3.8) is 0 Å². The van der Waals surface area contributed by atoms with E-state index in [9.17, 15) is 14.4 Å². The summed E-state index contributed by atoms with van der Waals surface area (Å²) in [6, 6.07) is 0. The van der Waals surface area contributed by atoms with Crippen LogP contribution in [0.4, 0.5) is 9.59 Å². The summed E-state index contributed by atoms with van der Waals surface area (Å²) in [6.07, 6.45) is -4.86. The number of carbonyl (C=O) groups excluding carboxylic acids is 3. The number of ether oxygens (including phenoxy) is 4. The van der Waals surface area contributed by atoms with Crippen molar-refractivity contribution in [2.75, 3.05) is 13.2 Å². The van der Waals surface area contributed by atoms with Gasteiger partial charge in [-0.05, 0) is 0 Å². The third kappa shape index (κ3) is 1.71. The molecule has 98 valence electrons. The maximum absolute atomic E-state index is 11.9. The quantitative estimate of drug-likeness (QED) is 0.460. The topological polar surface area (TPSA) is 110 Å². The van der Waals surface area contributed by atoms with Crippen molar-refractivity contribution in [1.29, 1.82) is 0 Å². The summed E-state index contributed by atoms with van der Waals surface area (Å²) in [6.45, 7) is -0.283. The molecule has 0 spiro atoms. The first-order chi connectivity index (χ1) is 8.65. The van der Waals surface area contributed by atoms with E-state index in [4.69, 9.17) is 9.62 Å². The minimum Gasteiger partial charge on any atom is -0.430 e. The van der Waals surface area contributed by atoms with Gasteiger partial charge in [0, 0.05) is 0 Å². The number of cyclic esters (lactones) is 4. The molecule has 0 aliphatic carbocycles. The molecule has 3 aliphatic rings. The predicted octanol–water partition coefficient (Wildman–Crippen LogP) is -0.911. The minimum atomic E-state index is -1.16. The lowest BCUT2D eigenvalue weighted by molar-refractivity contribution is -0.404. The molecule has 10 heteroatoms. The average molecular weight is 261 g/mol. The summed E-state index contributed by atoms with van der Waals surface area (Å²) in [5.41, 5.74) is 0. The van der Waals surface area contributed by atoms with Gasteiger partial charge in [-0.15, -0.1) is 10.1 Å². The molecule has 3 heterocycles. The van der Waals surface area contributed by atoms with E-state index in [1.165, 1.54) is 0 Å². The zero-order valence-corrected chi connectivity index (χ0v) is 8.77. The molecule has 0 aromatic heterocycles. The molecule has 3 saturated heterocycles. The molecule has 1 amide bonds. The standard InChI is InChI=1S/C8H7NO9/c10-6-5(3-1-13-7(11)15-3)17-18-9(6)4-2-14-8(12)16-4/h3-5H,1-2H2. The van der Waals surface area contributed by atoms with Crippen molar-refractivity contribution >= 4 is 18.2 Å². The van der Waals surface area contributed by atoms with E-state index in [1.807, 2.05) is 0 Å². The van der Waals surface area contributed by atoms with E-state index in [2.05, 4.69) is 19.2 Å². The Hall–Kier alpha value is -2.07. The summed E-state index contributed by atoms with van der Waals surface area (Å²) in [5.74, 6) is -0.651. The fraction of sp³-hybridized carbons (Fsp3) is 0.625. The first kappa shape index (κ1) is 11.0. The lowest BCUT2D eigenvalue weighted by atomic mass is 10.2. The highest BCUT2D eigenvalue weighted by Gasteiger charge is 2.50. The van der Waals surface area contributed by atoms with Crippen LogP contribution in [0.3, 0.4) is 0 Å². The molecule has 0 N–H and O–H groups in total. The molecule has 3 rings (SSSR count). The number of carbonyl (C=O) groups is 3. The molecule has 0 saturated carbocycles. The Bertz CT molecular complexity index is 373. The third-order valence-electron chi connectivity index (χ3n) is 2.48. The number of hydrogen-bond acceptors (Lipinski definition) is 9. The number of nitrogens with zero attached hydrogens (tertiary/aromatic N) is 1. The van der Waals surface area contributed by atoms with Crippen molar-refractivity contribution < 1.29 is 43.2 Å².